The summed E-state index contributed by atoms with van der Waals surface area (Å²) in [5, 5.41) is 78.1. The summed E-state index contributed by atoms with van der Waals surface area (Å²) in [6.45, 7) is 13.1. The van der Waals surface area contributed by atoms with Crippen molar-refractivity contribution in [2.45, 2.75) is 205 Å². The average molecular weight is 922 g/mol. The van der Waals surface area contributed by atoms with Crippen LogP contribution in [0.5, 0.6) is 0 Å². The minimum Gasteiger partial charge on any atom is -0.396 e. The van der Waals surface area contributed by atoms with Crippen LogP contribution in [0.15, 0.2) is 46.8 Å². The molecule has 2 heterocycles. The summed E-state index contributed by atoms with van der Waals surface area (Å²) in [4.78, 5) is 15.5. The number of unbranched alkanes of at least 4 members (excludes halogenated alkanes) is 2. The van der Waals surface area contributed by atoms with E-state index in [0.29, 0.717) is 62.3 Å². The molecule has 6 aliphatic carbocycles. The van der Waals surface area contributed by atoms with Crippen LogP contribution < -0.4 is 16.4 Å². The Balaban J connectivity index is 1.24. The highest BCUT2D eigenvalue weighted by Gasteiger charge is 2.74. The second kappa shape index (κ2) is 19.9. The second-order valence-corrected chi connectivity index (χ2v) is 23.1. The van der Waals surface area contributed by atoms with Crippen molar-refractivity contribution in [3.63, 3.8) is 0 Å². The van der Waals surface area contributed by atoms with E-state index in [1.165, 1.54) is 19.3 Å². The lowest BCUT2D eigenvalue weighted by atomic mass is 9.41. The summed E-state index contributed by atoms with van der Waals surface area (Å²) < 4.78 is 14.1. The molecule has 0 aromatic carbocycles. The summed E-state index contributed by atoms with van der Waals surface area (Å²) in [6.07, 6.45) is 17.6. The first-order valence-electron chi connectivity index (χ1n) is 26.5. The van der Waals surface area contributed by atoms with E-state index in [1.807, 2.05) is 13.0 Å². The number of dihydropyridines is 1. The first-order chi connectivity index (χ1) is 31.4. The van der Waals surface area contributed by atoms with Crippen LogP contribution in [0.1, 0.15) is 151 Å². The predicted molar refractivity (Wildman–Crippen MR) is 255 cm³/mol. The van der Waals surface area contributed by atoms with Crippen LogP contribution in [0.2, 0.25) is 0 Å². The number of ether oxygens (including phenoxy) is 2. The normalized spacial score (nSPS) is 43.8. The third-order valence-corrected chi connectivity index (χ3v) is 19.0. The summed E-state index contributed by atoms with van der Waals surface area (Å²) in [7, 11) is 0. The number of ketones is 1. The number of nitrogens with one attached hydrogen (secondary N) is 2. The summed E-state index contributed by atoms with van der Waals surface area (Å²) in [5.74, 6) is -0.771. The molecule has 8 aliphatic rings. The minimum absolute atomic E-state index is 0.0300. The Morgan fingerprint density at radius 2 is 1.80 bits per heavy atom. The van der Waals surface area contributed by atoms with Gasteiger partial charge >= 0.3 is 0 Å². The molecule has 0 radical (unpaired) electrons. The lowest BCUT2D eigenvalue weighted by Gasteiger charge is -2.64. The van der Waals surface area contributed by atoms with Crippen molar-refractivity contribution in [3.05, 3.63) is 46.8 Å². The molecule has 19 unspecified atom stereocenters. The molecule has 66 heavy (non-hydrogen) atoms. The van der Waals surface area contributed by atoms with Gasteiger partial charge in [-0.2, -0.15) is 0 Å². The van der Waals surface area contributed by atoms with Crippen molar-refractivity contribution >= 4 is 5.78 Å². The molecule has 8 rings (SSSR count). The van der Waals surface area contributed by atoms with E-state index in [0.717, 1.165) is 55.7 Å². The van der Waals surface area contributed by atoms with E-state index in [9.17, 15) is 30.6 Å². The molecule has 1 spiro atoms. The molecule has 19 atom stereocenters. The van der Waals surface area contributed by atoms with Gasteiger partial charge in [-0.3, -0.25) is 4.79 Å². The molecule has 2 aliphatic heterocycles. The molecule has 5 fully saturated rings. The number of fused-ring (bicyclic) bond motifs is 3. The third kappa shape index (κ3) is 8.75. The lowest BCUT2D eigenvalue weighted by molar-refractivity contribution is -0.217. The molecule has 0 amide bonds. The molecule has 4 saturated carbocycles. The maximum atomic E-state index is 15.5. The average Bonchev–Trinajstić information content (AvgIpc) is 3.56. The van der Waals surface area contributed by atoms with Gasteiger partial charge < -0.3 is 56.5 Å². The molecule has 0 bridgehead atoms. The van der Waals surface area contributed by atoms with Gasteiger partial charge in [-0.05, 0) is 149 Å². The molecule has 12 heteroatoms. The van der Waals surface area contributed by atoms with E-state index >= 15 is 4.79 Å². The molecule has 1 saturated heterocycles. The molecular formula is C54H87N3O9. The SMILES string of the molecule is CCCCCOC(C1OC2CCC(CCC)CCC2C1C)C(C)(O)C1CCC2(O)C3=C(NCC(C)O)C(=O)C4CC(O)C(O)CC45CC(C4=C(CCCO)NC(N)C=C4)C=CC(CC12C)C35. The smallest absolute Gasteiger partial charge is 0.182 e. The Hall–Kier alpha value is -2.13. The van der Waals surface area contributed by atoms with Gasteiger partial charge in [-0.15, -0.1) is 0 Å². The molecule has 372 valence electrons. The van der Waals surface area contributed by atoms with Gasteiger partial charge in [-0.25, -0.2) is 0 Å². The zero-order valence-corrected chi connectivity index (χ0v) is 41.1. The van der Waals surface area contributed by atoms with E-state index in [2.05, 4.69) is 56.6 Å². The number of carbonyl (C=O) groups excluding carboxylic acids is 1. The summed E-state index contributed by atoms with van der Waals surface area (Å²) >= 11 is 0. The number of carbonyl (C=O) groups is 1. The Labute approximate surface area is 395 Å². The second-order valence-electron chi connectivity index (χ2n) is 23.1. The van der Waals surface area contributed by atoms with Crippen molar-refractivity contribution in [1.29, 1.82) is 0 Å². The first-order valence-corrected chi connectivity index (χ1v) is 26.5. The summed E-state index contributed by atoms with van der Waals surface area (Å²) in [6, 6.07) is 0. The van der Waals surface area contributed by atoms with Crippen molar-refractivity contribution in [2.24, 2.45) is 63.9 Å². The monoisotopic (exact) mass is 922 g/mol. The summed E-state index contributed by atoms with van der Waals surface area (Å²) in [5.41, 5.74) is 4.59. The van der Waals surface area contributed by atoms with E-state index in [-0.39, 0.29) is 73.8 Å². The van der Waals surface area contributed by atoms with Crippen LogP contribution in [0.3, 0.4) is 0 Å². The van der Waals surface area contributed by atoms with Crippen LogP contribution in [0.4, 0.5) is 0 Å². The minimum atomic E-state index is -1.54. The zero-order chi connectivity index (χ0) is 47.3. The number of aliphatic hydroxyl groups excluding tert-OH is 4. The Morgan fingerprint density at radius 3 is 2.53 bits per heavy atom. The van der Waals surface area contributed by atoms with Gasteiger partial charge in [-0.1, -0.05) is 78.0 Å². The Bertz CT molecular complexity index is 1860. The number of Topliss-reactive ketones (excluding diaryl/α,β-unsaturated/α-hetero) is 1. The molecular weight excluding hydrogens is 835 g/mol. The largest absolute Gasteiger partial charge is 0.396 e. The number of aliphatic hydroxyl groups is 6. The zero-order valence-electron chi connectivity index (χ0n) is 41.1. The van der Waals surface area contributed by atoms with Crippen LogP contribution in [-0.2, 0) is 14.3 Å². The van der Waals surface area contributed by atoms with E-state index < -0.39 is 58.3 Å². The van der Waals surface area contributed by atoms with Gasteiger partial charge in [0.05, 0.1) is 53.6 Å². The Morgan fingerprint density at radius 1 is 1.03 bits per heavy atom. The van der Waals surface area contributed by atoms with Crippen LogP contribution in [-0.4, -0.2) is 110 Å². The van der Waals surface area contributed by atoms with E-state index in [1.54, 1.807) is 6.92 Å². The lowest BCUT2D eigenvalue weighted by Crippen LogP contribution is -2.67. The highest BCUT2D eigenvalue weighted by molar-refractivity contribution is 6.00. The van der Waals surface area contributed by atoms with Crippen molar-refractivity contribution in [1.82, 2.24) is 10.6 Å². The van der Waals surface area contributed by atoms with E-state index in [4.69, 9.17) is 15.2 Å². The van der Waals surface area contributed by atoms with Crippen LogP contribution in [0.25, 0.3) is 0 Å². The Kier molecular flexibility index (Phi) is 15.2. The molecule has 0 aromatic rings. The molecule has 12 nitrogen and oxygen atoms in total. The highest BCUT2D eigenvalue weighted by atomic mass is 16.6. The van der Waals surface area contributed by atoms with Crippen molar-refractivity contribution in [3.8, 4) is 0 Å². The topological polar surface area (TPSA) is 207 Å². The number of hydrogen-bond donors (Lipinski definition) is 9. The molecule has 10 N–H and O–H groups in total. The highest BCUT2D eigenvalue weighted by Crippen LogP contribution is 2.73. The van der Waals surface area contributed by atoms with Crippen LogP contribution >= 0.6 is 0 Å². The molecule has 0 aromatic heterocycles. The van der Waals surface area contributed by atoms with Crippen LogP contribution in [0, 0.1) is 58.2 Å². The first kappa shape index (κ1) is 50.3. The number of allylic oxidation sites excluding steroid dienone is 6. The maximum Gasteiger partial charge on any atom is 0.182 e. The maximum absolute atomic E-state index is 15.5. The number of rotatable bonds is 17. The van der Waals surface area contributed by atoms with Gasteiger partial charge in [0.1, 0.15) is 6.10 Å². The standard InChI is InChI=1S/C54H87N3O9/c1-7-9-10-25-65-50(49-32(4)36-18-14-33(12-8-2)15-20-42(36)66-49)52(6,63)43-22-23-54(64)46-45-35(27-51(43,54)5)17-16-34(37-19-21-44(55)57-39(37)13-11-24-58)28-53(45)29-41(61)40(60)26-38(53)48(62)47(46)56-30-31(3)59/h16-17,19,21,31-36,38,40-45,49-50,56-61,63-64H,7-15,18,20,22-30,55H2,1-6H3. The van der Waals surface area contributed by atoms with Gasteiger partial charge in [0, 0.05) is 42.7 Å². The quantitative estimate of drug-likeness (QED) is 0.0602. The third-order valence-electron chi connectivity index (χ3n) is 19.0. The fraction of sp³-hybridized carbons (Fsp3) is 0.833. The predicted octanol–water partition coefficient (Wildman–Crippen LogP) is 6.08. The number of hydrogen-bond acceptors (Lipinski definition) is 12. The van der Waals surface area contributed by atoms with Crippen molar-refractivity contribution in [2.75, 3.05) is 19.8 Å². The fourth-order valence-electron chi connectivity index (χ4n) is 15.9. The van der Waals surface area contributed by atoms with Gasteiger partial charge in [0.25, 0.3) is 0 Å². The van der Waals surface area contributed by atoms with Gasteiger partial charge in [0.15, 0.2) is 5.78 Å². The fourth-order valence-corrected chi connectivity index (χ4v) is 15.9. The van der Waals surface area contributed by atoms with Gasteiger partial charge in [0.2, 0.25) is 0 Å². The number of nitrogens with two attached hydrogens (primary N) is 1. The van der Waals surface area contributed by atoms with Crippen molar-refractivity contribution < 1.29 is 44.9 Å².